The standard InChI is InChI=1S/C12H22O3/c1-4-11(2,9-13)10(14)15-12(3)7-5-6-8-12/h13H,4-9H2,1-3H3. The number of carbonyl (C=O) groups is 1. The molecule has 88 valence electrons. The smallest absolute Gasteiger partial charge is 0.314 e. The highest BCUT2D eigenvalue weighted by molar-refractivity contribution is 5.76. The van der Waals surface area contributed by atoms with Crippen molar-refractivity contribution in [1.82, 2.24) is 0 Å². The van der Waals surface area contributed by atoms with Crippen LogP contribution in [0.4, 0.5) is 0 Å². The zero-order valence-corrected chi connectivity index (χ0v) is 10.0. The fourth-order valence-electron chi connectivity index (χ4n) is 1.89. The van der Waals surface area contributed by atoms with Gasteiger partial charge in [-0.05, 0) is 46.0 Å². The van der Waals surface area contributed by atoms with Crippen molar-refractivity contribution >= 4 is 5.97 Å². The van der Waals surface area contributed by atoms with Crippen LogP contribution in [0.3, 0.4) is 0 Å². The van der Waals surface area contributed by atoms with Crippen molar-refractivity contribution in [3.8, 4) is 0 Å². The summed E-state index contributed by atoms with van der Waals surface area (Å²) in [5, 5.41) is 9.21. The second-order valence-corrected chi connectivity index (χ2v) is 5.12. The van der Waals surface area contributed by atoms with Crippen LogP contribution in [0.1, 0.15) is 52.9 Å². The zero-order valence-electron chi connectivity index (χ0n) is 10.0. The van der Waals surface area contributed by atoms with Crippen LogP contribution in [-0.2, 0) is 9.53 Å². The molecule has 1 rings (SSSR count). The van der Waals surface area contributed by atoms with Crippen molar-refractivity contribution < 1.29 is 14.6 Å². The Morgan fingerprint density at radius 2 is 2.00 bits per heavy atom. The maximum Gasteiger partial charge on any atom is 0.314 e. The van der Waals surface area contributed by atoms with E-state index in [9.17, 15) is 9.90 Å². The van der Waals surface area contributed by atoms with Gasteiger partial charge in [0.2, 0.25) is 0 Å². The first kappa shape index (κ1) is 12.5. The molecule has 0 heterocycles. The summed E-state index contributed by atoms with van der Waals surface area (Å²) < 4.78 is 5.55. The highest BCUT2D eigenvalue weighted by Crippen LogP contribution is 2.35. The molecule has 0 aliphatic heterocycles. The molecule has 1 saturated carbocycles. The fourth-order valence-corrected chi connectivity index (χ4v) is 1.89. The minimum absolute atomic E-state index is 0.140. The lowest BCUT2D eigenvalue weighted by atomic mass is 9.88. The van der Waals surface area contributed by atoms with Crippen molar-refractivity contribution in [3.05, 3.63) is 0 Å². The van der Waals surface area contributed by atoms with Gasteiger partial charge in [-0.1, -0.05) is 6.92 Å². The van der Waals surface area contributed by atoms with Gasteiger partial charge in [0.05, 0.1) is 12.0 Å². The summed E-state index contributed by atoms with van der Waals surface area (Å²) in [6, 6.07) is 0. The molecule has 0 amide bonds. The average Bonchev–Trinajstić information content (AvgIpc) is 2.63. The van der Waals surface area contributed by atoms with Gasteiger partial charge in [0.15, 0.2) is 0 Å². The van der Waals surface area contributed by atoms with Crippen molar-refractivity contribution in [3.63, 3.8) is 0 Å². The molecule has 1 N–H and O–H groups in total. The Labute approximate surface area is 91.8 Å². The molecule has 1 fully saturated rings. The average molecular weight is 214 g/mol. The second kappa shape index (κ2) is 4.52. The van der Waals surface area contributed by atoms with Gasteiger partial charge in [-0.3, -0.25) is 4.79 Å². The van der Waals surface area contributed by atoms with Crippen molar-refractivity contribution in [2.24, 2.45) is 5.41 Å². The third-order valence-electron chi connectivity index (χ3n) is 3.62. The normalized spacial score (nSPS) is 23.5. The SMILES string of the molecule is CCC(C)(CO)C(=O)OC1(C)CCCC1. The van der Waals surface area contributed by atoms with Gasteiger partial charge < -0.3 is 9.84 Å². The number of hydrogen-bond acceptors (Lipinski definition) is 3. The molecular weight excluding hydrogens is 192 g/mol. The van der Waals surface area contributed by atoms with Crippen LogP contribution in [0, 0.1) is 5.41 Å². The van der Waals surface area contributed by atoms with Gasteiger partial charge in [0.25, 0.3) is 0 Å². The quantitative estimate of drug-likeness (QED) is 0.730. The van der Waals surface area contributed by atoms with Gasteiger partial charge in [-0.15, -0.1) is 0 Å². The first-order chi connectivity index (χ1) is 6.96. The van der Waals surface area contributed by atoms with Crippen molar-refractivity contribution in [1.29, 1.82) is 0 Å². The predicted molar refractivity (Wildman–Crippen MR) is 58.4 cm³/mol. The molecule has 1 unspecified atom stereocenters. The van der Waals surface area contributed by atoms with E-state index in [1.807, 2.05) is 13.8 Å². The summed E-state index contributed by atoms with van der Waals surface area (Å²) in [6.45, 7) is 5.51. The Kier molecular flexibility index (Phi) is 3.77. The number of aliphatic hydroxyl groups is 1. The second-order valence-electron chi connectivity index (χ2n) is 5.12. The molecule has 3 nitrogen and oxygen atoms in total. The van der Waals surface area contributed by atoms with Crippen LogP contribution >= 0.6 is 0 Å². The first-order valence-corrected chi connectivity index (χ1v) is 5.80. The third-order valence-corrected chi connectivity index (χ3v) is 3.62. The lowest BCUT2D eigenvalue weighted by Gasteiger charge is -2.31. The molecule has 0 radical (unpaired) electrons. The number of esters is 1. The Hall–Kier alpha value is -0.570. The van der Waals surface area contributed by atoms with Crippen LogP contribution < -0.4 is 0 Å². The Balaban J connectivity index is 2.61. The first-order valence-electron chi connectivity index (χ1n) is 5.80. The Bertz CT molecular complexity index is 225. The molecule has 0 aromatic rings. The van der Waals surface area contributed by atoms with E-state index in [4.69, 9.17) is 4.74 Å². The van der Waals surface area contributed by atoms with Crippen LogP contribution in [0.5, 0.6) is 0 Å². The number of carbonyl (C=O) groups excluding carboxylic acids is 1. The molecule has 1 atom stereocenters. The lowest BCUT2D eigenvalue weighted by molar-refractivity contribution is -0.172. The van der Waals surface area contributed by atoms with E-state index in [1.54, 1.807) is 6.92 Å². The Morgan fingerprint density at radius 1 is 1.47 bits per heavy atom. The largest absolute Gasteiger partial charge is 0.459 e. The van der Waals surface area contributed by atoms with E-state index in [2.05, 4.69) is 0 Å². The van der Waals surface area contributed by atoms with E-state index in [-0.39, 0.29) is 18.2 Å². The van der Waals surface area contributed by atoms with Gasteiger partial charge in [-0.2, -0.15) is 0 Å². The number of aliphatic hydroxyl groups excluding tert-OH is 1. The van der Waals surface area contributed by atoms with Crippen LogP contribution in [0.15, 0.2) is 0 Å². The summed E-state index contributed by atoms with van der Waals surface area (Å²) >= 11 is 0. The van der Waals surface area contributed by atoms with Crippen molar-refractivity contribution in [2.45, 2.75) is 58.5 Å². The summed E-state index contributed by atoms with van der Waals surface area (Å²) in [5.41, 5.74) is -1.02. The number of hydrogen-bond donors (Lipinski definition) is 1. The highest BCUT2D eigenvalue weighted by atomic mass is 16.6. The van der Waals surface area contributed by atoms with E-state index in [0.717, 1.165) is 25.7 Å². The molecule has 0 saturated heterocycles. The van der Waals surface area contributed by atoms with E-state index in [0.29, 0.717) is 6.42 Å². The van der Waals surface area contributed by atoms with Crippen LogP contribution in [0.25, 0.3) is 0 Å². The molecular formula is C12H22O3. The maximum absolute atomic E-state index is 11.9. The molecule has 1 aliphatic carbocycles. The fraction of sp³-hybridized carbons (Fsp3) is 0.917. The highest BCUT2D eigenvalue weighted by Gasteiger charge is 2.39. The van der Waals surface area contributed by atoms with Crippen molar-refractivity contribution in [2.75, 3.05) is 6.61 Å². The topological polar surface area (TPSA) is 46.5 Å². The molecule has 3 heteroatoms. The van der Waals surface area contributed by atoms with Gasteiger partial charge in [-0.25, -0.2) is 0 Å². The molecule has 1 aliphatic rings. The lowest BCUT2D eigenvalue weighted by Crippen LogP contribution is -2.39. The van der Waals surface area contributed by atoms with Crippen LogP contribution in [-0.4, -0.2) is 23.3 Å². The summed E-state index contributed by atoms with van der Waals surface area (Å²) in [5.74, 6) is -0.253. The maximum atomic E-state index is 11.9. The molecule has 15 heavy (non-hydrogen) atoms. The summed E-state index contributed by atoms with van der Waals surface area (Å²) in [4.78, 5) is 11.9. The monoisotopic (exact) mass is 214 g/mol. The summed E-state index contributed by atoms with van der Waals surface area (Å²) in [7, 11) is 0. The summed E-state index contributed by atoms with van der Waals surface area (Å²) in [6.07, 6.45) is 4.77. The third kappa shape index (κ3) is 2.71. The minimum Gasteiger partial charge on any atom is -0.459 e. The van der Waals surface area contributed by atoms with Gasteiger partial charge in [0.1, 0.15) is 5.60 Å². The molecule has 0 aromatic carbocycles. The minimum atomic E-state index is -0.731. The molecule has 0 bridgehead atoms. The molecule has 0 spiro atoms. The van der Waals surface area contributed by atoms with E-state index >= 15 is 0 Å². The predicted octanol–water partition coefficient (Wildman–Crippen LogP) is 2.27. The van der Waals surface area contributed by atoms with Gasteiger partial charge in [0, 0.05) is 0 Å². The Morgan fingerprint density at radius 3 is 2.40 bits per heavy atom. The molecule has 0 aromatic heterocycles. The zero-order chi connectivity index (χ0) is 11.5. The van der Waals surface area contributed by atoms with Gasteiger partial charge >= 0.3 is 5.97 Å². The van der Waals surface area contributed by atoms with E-state index < -0.39 is 5.41 Å². The van der Waals surface area contributed by atoms with Crippen LogP contribution in [0.2, 0.25) is 0 Å². The number of rotatable bonds is 4. The van der Waals surface area contributed by atoms with E-state index in [1.165, 1.54) is 0 Å². The number of ether oxygens (including phenoxy) is 1.